The third kappa shape index (κ3) is 3.91. The van der Waals surface area contributed by atoms with Crippen molar-refractivity contribution < 1.29 is 18.7 Å². The first-order valence-corrected chi connectivity index (χ1v) is 6.65. The molecule has 1 amide bonds. The molecule has 0 saturated carbocycles. The summed E-state index contributed by atoms with van der Waals surface area (Å²) < 4.78 is 24.3. The van der Waals surface area contributed by atoms with E-state index in [1.165, 1.54) is 18.2 Å². The minimum Gasteiger partial charge on any atom is -0.399 e. The van der Waals surface area contributed by atoms with Crippen molar-refractivity contribution in [3.8, 4) is 0 Å². The van der Waals surface area contributed by atoms with Crippen molar-refractivity contribution in [2.75, 3.05) is 24.3 Å². The van der Waals surface area contributed by atoms with Crippen LogP contribution in [0.2, 0.25) is 0 Å². The van der Waals surface area contributed by atoms with Crippen LogP contribution < -0.4 is 11.1 Å². The Hall–Kier alpha value is -1.66. The highest BCUT2D eigenvalue weighted by atomic mass is 19.1. The van der Waals surface area contributed by atoms with Crippen molar-refractivity contribution in [2.45, 2.75) is 32.0 Å². The molecular formula is C14H19FN2O3. The molecule has 0 aliphatic carbocycles. The van der Waals surface area contributed by atoms with E-state index in [9.17, 15) is 9.18 Å². The third-order valence-corrected chi connectivity index (χ3v) is 3.17. The van der Waals surface area contributed by atoms with Gasteiger partial charge in [0.1, 0.15) is 11.9 Å². The Morgan fingerprint density at radius 1 is 1.65 bits per heavy atom. The van der Waals surface area contributed by atoms with Gasteiger partial charge in [0.05, 0.1) is 18.4 Å². The van der Waals surface area contributed by atoms with E-state index in [0.29, 0.717) is 12.3 Å². The van der Waals surface area contributed by atoms with Crippen LogP contribution in [0.5, 0.6) is 0 Å². The van der Waals surface area contributed by atoms with E-state index in [2.05, 4.69) is 5.32 Å². The Morgan fingerprint density at radius 2 is 2.45 bits per heavy atom. The normalized spacial score (nSPS) is 19.8. The third-order valence-electron chi connectivity index (χ3n) is 3.17. The SMILES string of the molecule is CC(OCC1CCCO1)C(=O)Nc1cc(N)ccc1F. The highest BCUT2D eigenvalue weighted by Gasteiger charge is 2.20. The number of nitrogens with one attached hydrogen (secondary N) is 1. The Balaban J connectivity index is 1.85. The van der Waals surface area contributed by atoms with E-state index in [1.54, 1.807) is 6.92 Å². The van der Waals surface area contributed by atoms with Gasteiger partial charge in [-0.2, -0.15) is 0 Å². The summed E-state index contributed by atoms with van der Waals surface area (Å²) >= 11 is 0. The molecule has 1 aromatic rings. The van der Waals surface area contributed by atoms with Crippen LogP contribution in [0.15, 0.2) is 18.2 Å². The monoisotopic (exact) mass is 282 g/mol. The first kappa shape index (κ1) is 14.7. The van der Waals surface area contributed by atoms with Gasteiger partial charge in [0.25, 0.3) is 5.91 Å². The average molecular weight is 282 g/mol. The first-order valence-electron chi connectivity index (χ1n) is 6.65. The van der Waals surface area contributed by atoms with Gasteiger partial charge in [-0.25, -0.2) is 4.39 Å². The Morgan fingerprint density at radius 3 is 3.15 bits per heavy atom. The second-order valence-electron chi connectivity index (χ2n) is 4.84. The molecule has 1 saturated heterocycles. The largest absolute Gasteiger partial charge is 0.399 e. The summed E-state index contributed by atoms with van der Waals surface area (Å²) in [7, 11) is 0. The molecular weight excluding hydrogens is 263 g/mol. The summed E-state index contributed by atoms with van der Waals surface area (Å²) in [5.74, 6) is -0.939. The number of nitrogen functional groups attached to an aromatic ring is 1. The zero-order chi connectivity index (χ0) is 14.5. The zero-order valence-corrected chi connectivity index (χ0v) is 11.4. The molecule has 2 unspecified atom stereocenters. The standard InChI is InChI=1S/C14H19FN2O3/c1-9(20-8-11-3-2-6-19-11)14(18)17-13-7-10(16)4-5-12(13)15/h4-5,7,9,11H,2-3,6,8,16H2,1H3,(H,17,18). The summed E-state index contributed by atoms with van der Waals surface area (Å²) in [5, 5.41) is 2.47. The number of nitrogens with two attached hydrogens (primary N) is 1. The van der Waals surface area contributed by atoms with E-state index >= 15 is 0 Å². The van der Waals surface area contributed by atoms with Gasteiger partial charge in [-0.1, -0.05) is 0 Å². The van der Waals surface area contributed by atoms with E-state index in [4.69, 9.17) is 15.2 Å². The molecule has 0 aromatic heterocycles. The number of carbonyl (C=O) groups is 1. The Labute approximate surface area is 117 Å². The van der Waals surface area contributed by atoms with Gasteiger partial charge in [0.2, 0.25) is 0 Å². The van der Waals surface area contributed by atoms with Crippen LogP contribution in [0.25, 0.3) is 0 Å². The van der Waals surface area contributed by atoms with Crippen LogP contribution in [0.3, 0.4) is 0 Å². The minimum atomic E-state index is -0.681. The predicted octanol–water partition coefficient (Wildman–Crippen LogP) is 1.93. The van der Waals surface area contributed by atoms with Gasteiger partial charge in [-0.05, 0) is 38.0 Å². The Bertz CT molecular complexity index is 475. The fraction of sp³-hybridized carbons (Fsp3) is 0.500. The van der Waals surface area contributed by atoms with Gasteiger partial charge in [0.15, 0.2) is 0 Å². The van der Waals surface area contributed by atoms with Gasteiger partial charge in [0, 0.05) is 12.3 Å². The molecule has 1 fully saturated rings. The Kier molecular flexibility index (Phi) is 4.92. The molecule has 1 aliphatic rings. The number of ether oxygens (including phenoxy) is 2. The minimum absolute atomic E-state index is 0.0503. The fourth-order valence-corrected chi connectivity index (χ4v) is 1.98. The van der Waals surface area contributed by atoms with Gasteiger partial charge in [-0.3, -0.25) is 4.79 Å². The van der Waals surface area contributed by atoms with Crippen molar-refractivity contribution in [1.29, 1.82) is 0 Å². The zero-order valence-electron chi connectivity index (χ0n) is 11.4. The van der Waals surface area contributed by atoms with E-state index in [1.807, 2.05) is 0 Å². The summed E-state index contributed by atoms with van der Waals surface area (Å²) in [6, 6.07) is 4.02. The van der Waals surface area contributed by atoms with E-state index < -0.39 is 17.8 Å². The molecule has 6 heteroatoms. The van der Waals surface area contributed by atoms with Crippen LogP contribution in [-0.4, -0.2) is 31.3 Å². The number of amides is 1. The molecule has 0 spiro atoms. The summed E-state index contributed by atoms with van der Waals surface area (Å²) in [5.41, 5.74) is 6.00. The highest BCUT2D eigenvalue weighted by molar-refractivity contribution is 5.94. The van der Waals surface area contributed by atoms with Gasteiger partial charge in [-0.15, -0.1) is 0 Å². The lowest BCUT2D eigenvalue weighted by Gasteiger charge is -2.16. The molecule has 20 heavy (non-hydrogen) atoms. The molecule has 2 rings (SSSR count). The maximum atomic E-state index is 13.5. The molecule has 1 aromatic carbocycles. The number of carbonyl (C=O) groups excluding carboxylic acids is 1. The number of halogens is 1. The lowest BCUT2D eigenvalue weighted by Crippen LogP contribution is -2.30. The quantitative estimate of drug-likeness (QED) is 0.809. The summed E-state index contributed by atoms with van der Waals surface area (Å²) in [4.78, 5) is 11.9. The van der Waals surface area contributed by atoms with Crippen LogP contribution in [0.4, 0.5) is 15.8 Å². The molecule has 0 bridgehead atoms. The smallest absolute Gasteiger partial charge is 0.253 e. The van der Waals surface area contributed by atoms with Crippen LogP contribution in [0, 0.1) is 5.82 Å². The second-order valence-corrected chi connectivity index (χ2v) is 4.84. The van der Waals surface area contributed by atoms with Crippen molar-refractivity contribution >= 4 is 17.3 Å². The highest BCUT2D eigenvalue weighted by Crippen LogP contribution is 2.18. The van der Waals surface area contributed by atoms with Crippen molar-refractivity contribution in [3.05, 3.63) is 24.0 Å². The number of benzene rings is 1. The van der Waals surface area contributed by atoms with Crippen molar-refractivity contribution in [1.82, 2.24) is 0 Å². The molecule has 3 N–H and O–H groups in total. The lowest BCUT2D eigenvalue weighted by molar-refractivity contribution is -0.128. The van der Waals surface area contributed by atoms with Crippen molar-refractivity contribution in [3.63, 3.8) is 0 Å². The van der Waals surface area contributed by atoms with Gasteiger partial charge >= 0.3 is 0 Å². The number of hydrogen-bond donors (Lipinski definition) is 2. The van der Waals surface area contributed by atoms with Crippen LogP contribution in [0.1, 0.15) is 19.8 Å². The van der Waals surface area contributed by atoms with Gasteiger partial charge < -0.3 is 20.5 Å². The van der Waals surface area contributed by atoms with Crippen molar-refractivity contribution in [2.24, 2.45) is 0 Å². The molecule has 1 heterocycles. The van der Waals surface area contributed by atoms with E-state index in [-0.39, 0.29) is 11.8 Å². The molecule has 0 radical (unpaired) electrons. The molecule has 2 atom stereocenters. The van der Waals surface area contributed by atoms with Crippen LogP contribution in [-0.2, 0) is 14.3 Å². The topological polar surface area (TPSA) is 73.6 Å². The maximum Gasteiger partial charge on any atom is 0.253 e. The first-order chi connectivity index (χ1) is 9.56. The number of anilines is 2. The fourth-order valence-electron chi connectivity index (χ4n) is 1.98. The van der Waals surface area contributed by atoms with E-state index in [0.717, 1.165) is 19.4 Å². The molecule has 110 valence electrons. The average Bonchev–Trinajstić information content (AvgIpc) is 2.93. The lowest BCUT2D eigenvalue weighted by atomic mass is 10.2. The molecule has 1 aliphatic heterocycles. The molecule has 5 nitrogen and oxygen atoms in total. The summed E-state index contributed by atoms with van der Waals surface area (Å²) in [6.45, 7) is 2.73. The second kappa shape index (κ2) is 6.67. The number of hydrogen-bond acceptors (Lipinski definition) is 4. The predicted molar refractivity (Wildman–Crippen MR) is 73.8 cm³/mol. The maximum absolute atomic E-state index is 13.5. The van der Waals surface area contributed by atoms with Crippen LogP contribution >= 0.6 is 0 Å². The number of rotatable bonds is 5. The summed E-state index contributed by atoms with van der Waals surface area (Å²) in [6.07, 6.45) is 1.33.